The highest BCUT2D eigenvalue weighted by atomic mass is 32.3. The van der Waals surface area contributed by atoms with Crippen LogP contribution in [0.1, 0.15) is 13.8 Å². The van der Waals surface area contributed by atoms with Gasteiger partial charge in [0, 0.05) is 0 Å². The molecule has 0 aliphatic carbocycles. The minimum atomic E-state index is -4.94. The third-order valence-corrected chi connectivity index (χ3v) is 6.20. The molecule has 4 atom stereocenters. The molecule has 31 heavy (non-hydrogen) atoms. The van der Waals surface area contributed by atoms with Gasteiger partial charge in [-0.1, -0.05) is 12.2 Å². The third kappa shape index (κ3) is 3.30. The lowest BCUT2D eigenvalue weighted by molar-refractivity contribution is -0.121. The Bertz CT molecular complexity index is 978. The van der Waals surface area contributed by atoms with Crippen LogP contribution >= 0.6 is 0 Å². The van der Waals surface area contributed by atoms with Gasteiger partial charge in [-0.25, -0.2) is 9.59 Å². The number of urea groups is 2. The van der Waals surface area contributed by atoms with E-state index in [4.69, 9.17) is 20.0 Å². The maximum absolute atomic E-state index is 12.6. The molecule has 14 nitrogen and oxygen atoms in total. The normalized spacial score (nSPS) is 30.0. The lowest BCUT2D eigenvalue weighted by Gasteiger charge is -2.27. The zero-order chi connectivity index (χ0) is 22.8. The van der Waals surface area contributed by atoms with Crippen LogP contribution in [0, 0.1) is 0 Å². The molecule has 6 amide bonds. The van der Waals surface area contributed by atoms with E-state index in [1.54, 1.807) is 13.8 Å². The standard InChI is InChI=1S/C16H20N6O8S/c1-7-3-9-5-19(11(7)13(17)23)15(25)21(9)29-31(27,28)30-22-10-4-8(2)12(14(18)24)20(6-10)16(22)26/h3-4,9-12H,5-6H2,1-2H3,(H2,17,23)(H2,18,24). The number of hydrogen-bond acceptors (Lipinski definition) is 8. The molecule has 4 bridgehead atoms. The zero-order valence-corrected chi connectivity index (χ0v) is 17.3. The molecular formula is C16H20N6O8S. The van der Waals surface area contributed by atoms with Crippen molar-refractivity contribution < 1.29 is 36.2 Å². The van der Waals surface area contributed by atoms with Crippen molar-refractivity contribution in [3.8, 4) is 0 Å². The zero-order valence-electron chi connectivity index (χ0n) is 16.5. The number of nitrogens with zero attached hydrogens (tertiary/aromatic N) is 4. The number of hydroxylamine groups is 4. The molecule has 0 radical (unpaired) electrons. The maximum Gasteiger partial charge on any atom is 0.442 e. The van der Waals surface area contributed by atoms with E-state index in [1.807, 2.05) is 0 Å². The van der Waals surface area contributed by atoms with Crippen LogP contribution in [0.4, 0.5) is 9.59 Å². The molecule has 15 heteroatoms. The van der Waals surface area contributed by atoms with Gasteiger partial charge in [-0.2, -0.15) is 18.5 Å². The third-order valence-electron chi connectivity index (χ3n) is 5.52. The molecule has 0 aromatic carbocycles. The van der Waals surface area contributed by atoms with Crippen molar-refractivity contribution in [3.63, 3.8) is 0 Å². The van der Waals surface area contributed by atoms with Gasteiger partial charge in [0.2, 0.25) is 11.8 Å². The molecule has 0 aromatic heterocycles. The summed E-state index contributed by atoms with van der Waals surface area (Å²) in [7, 11) is -4.94. The average Bonchev–Trinajstić information content (AvgIpc) is 3.02. The first kappa shape index (κ1) is 21.1. The van der Waals surface area contributed by atoms with Crippen LogP contribution in [-0.4, -0.2) is 89.5 Å². The van der Waals surface area contributed by atoms with Crippen LogP contribution in [0.15, 0.2) is 23.3 Å². The Morgan fingerprint density at radius 2 is 1.23 bits per heavy atom. The van der Waals surface area contributed by atoms with E-state index in [0.717, 1.165) is 9.80 Å². The summed E-state index contributed by atoms with van der Waals surface area (Å²) < 4.78 is 34.7. The number of carbonyl (C=O) groups excluding carboxylic acids is 4. The Labute approximate surface area is 176 Å². The minimum Gasteiger partial charge on any atom is -0.368 e. The summed E-state index contributed by atoms with van der Waals surface area (Å²) in [6, 6.07) is -5.44. The summed E-state index contributed by atoms with van der Waals surface area (Å²) in [6.45, 7) is 3.14. The first-order chi connectivity index (χ1) is 14.4. The Morgan fingerprint density at radius 1 is 0.871 bits per heavy atom. The highest BCUT2D eigenvalue weighted by molar-refractivity contribution is 7.81. The first-order valence-electron chi connectivity index (χ1n) is 9.20. The van der Waals surface area contributed by atoms with Gasteiger partial charge in [0.15, 0.2) is 0 Å². The van der Waals surface area contributed by atoms with Crippen LogP contribution in [0.5, 0.6) is 0 Å². The van der Waals surface area contributed by atoms with E-state index in [9.17, 15) is 27.6 Å². The van der Waals surface area contributed by atoms with Gasteiger partial charge in [0.25, 0.3) is 0 Å². The Hall–Kier alpha value is -3.17. The Kier molecular flexibility index (Phi) is 4.71. The van der Waals surface area contributed by atoms with Crippen LogP contribution in [0.3, 0.4) is 0 Å². The SMILES string of the molecule is CC1=CC2CN(C(=O)N2OS(=O)(=O)ON2C(=O)N3CC2C=C(C)C3C(N)=O)C1C(N)=O. The average molecular weight is 456 g/mol. The Balaban J connectivity index is 1.52. The molecule has 4 aliphatic rings. The maximum atomic E-state index is 12.6. The number of fused-ring (bicyclic) bond motifs is 4. The number of nitrogens with two attached hydrogens (primary N) is 2. The summed E-state index contributed by atoms with van der Waals surface area (Å²) in [4.78, 5) is 50.7. The lowest BCUT2D eigenvalue weighted by atomic mass is 10.0. The molecule has 0 spiro atoms. The van der Waals surface area contributed by atoms with Crippen molar-refractivity contribution >= 4 is 34.3 Å². The number of amides is 6. The summed E-state index contributed by atoms with van der Waals surface area (Å²) in [5, 5.41) is 1.09. The molecule has 4 heterocycles. The Morgan fingerprint density at radius 3 is 1.55 bits per heavy atom. The van der Waals surface area contributed by atoms with E-state index in [-0.39, 0.29) is 13.1 Å². The summed E-state index contributed by atoms with van der Waals surface area (Å²) in [5.41, 5.74) is 11.6. The highest BCUT2D eigenvalue weighted by Gasteiger charge is 2.51. The number of primary amides is 2. The van der Waals surface area contributed by atoms with Gasteiger partial charge < -0.3 is 21.3 Å². The van der Waals surface area contributed by atoms with Gasteiger partial charge in [-0.05, 0) is 25.0 Å². The second-order valence-corrected chi connectivity index (χ2v) is 8.76. The molecule has 0 aromatic rings. The molecule has 4 rings (SSSR count). The summed E-state index contributed by atoms with van der Waals surface area (Å²) in [6.07, 6.45) is 2.99. The van der Waals surface area contributed by atoms with Crippen molar-refractivity contribution in [2.75, 3.05) is 13.1 Å². The van der Waals surface area contributed by atoms with Crippen molar-refractivity contribution in [2.24, 2.45) is 11.5 Å². The molecule has 4 N–H and O–H groups in total. The summed E-state index contributed by atoms with van der Waals surface area (Å²) in [5.74, 6) is -1.53. The molecule has 2 fully saturated rings. The van der Waals surface area contributed by atoms with Gasteiger partial charge in [0.05, 0.1) is 25.2 Å². The van der Waals surface area contributed by atoms with Gasteiger partial charge in [-0.3, -0.25) is 9.59 Å². The van der Waals surface area contributed by atoms with E-state index in [2.05, 4.69) is 0 Å². The minimum absolute atomic E-state index is 0.0133. The van der Waals surface area contributed by atoms with Crippen LogP contribution < -0.4 is 11.5 Å². The molecule has 168 valence electrons. The second-order valence-electron chi connectivity index (χ2n) is 7.64. The predicted molar refractivity (Wildman–Crippen MR) is 100 cm³/mol. The summed E-state index contributed by atoms with van der Waals surface area (Å²) >= 11 is 0. The number of carbonyl (C=O) groups is 4. The quantitative estimate of drug-likeness (QED) is 0.427. The monoisotopic (exact) mass is 456 g/mol. The van der Waals surface area contributed by atoms with Gasteiger partial charge in [-0.15, -0.1) is 8.57 Å². The molecular weight excluding hydrogens is 436 g/mol. The first-order valence-corrected chi connectivity index (χ1v) is 10.5. The largest absolute Gasteiger partial charge is 0.442 e. The fraction of sp³-hybridized carbons (Fsp3) is 0.500. The molecule has 0 saturated carbocycles. The highest BCUT2D eigenvalue weighted by Crippen LogP contribution is 2.32. The van der Waals surface area contributed by atoms with E-state index in [0.29, 0.717) is 21.3 Å². The van der Waals surface area contributed by atoms with Crippen molar-refractivity contribution in [1.82, 2.24) is 19.9 Å². The van der Waals surface area contributed by atoms with E-state index >= 15 is 0 Å². The molecule has 2 saturated heterocycles. The molecule has 4 unspecified atom stereocenters. The fourth-order valence-electron chi connectivity index (χ4n) is 4.34. The lowest BCUT2D eigenvalue weighted by Crippen LogP contribution is -2.48. The van der Waals surface area contributed by atoms with Crippen LogP contribution in [0.25, 0.3) is 0 Å². The van der Waals surface area contributed by atoms with Crippen molar-refractivity contribution in [2.45, 2.75) is 38.0 Å². The van der Waals surface area contributed by atoms with E-state index in [1.165, 1.54) is 12.2 Å². The number of rotatable bonds is 6. The topological polar surface area (TPSA) is 186 Å². The van der Waals surface area contributed by atoms with Gasteiger partial charge in [0.1, 0.15) is 12.1 Å². The second kappa shape index (κ2) is 6.93. The van der Waals surface area contributed by atoms with E-state index < -0.39 is 58.4 Å². The van der Waals surface area contributed by atoms with Crippen LogP contribution in [-0.2, 0) is 28.6 Å². The molecule has 4 aliphatic heterocycles. The van der Waals surface area contributed by atoms with Crippen molar-refractivity contribution in [1.29, 1.82) is 0 Å². The predicted octanol–water partition coefficient (Wildman–Crippen LogP) is -2.07. The van der Waals surface area contributed by atoms with Crippen molar-refractivity contribution in [3.05, 3.63) is 23.3 Å². The number of hydrogen-bond donors (Lipinski definition) is 2. The smallest absolute Gasteiger partial charge is 0.368 e. The van der Waals surface area contributed by atoms with Gasteiger partial charge >= 0.3 is 22.5 Å². The fourth-order valence-corrected chi connectivity index (χ4v) is 5.11. The van der Waals surface area contributed by atoms with Crippen LogP contribution in [0.2, 0.25) is 0 Å².